The van der Waals surface area contributed by atoms with Gasteiger partial charge in [0.1, 0.15) is 12.4 Å². The summed E-state index contributed by atoms with van der Waals surface area (Å²) in [7, 11) is 1.84. The van der Waals surface area contributed by atoms with Gasteiger partial charge in [-0.25, -0.2) is 0 Å². The number of piperazine rings is 1. The zero-order chi connectivity index (χ0) is 24.6. The molecule has 35 heavy (non-hydrogen) atoms. The fourth-order valence-corrected chi connectivity index (χ4v) is 4.65. The van der Waals surface area contributed by atoms with Crippen molar-refractivity contribution in [2.75, 3.05) is 33.2 Å². The Balaban J connectivity index is 1.26. The molecule has 1 unspecified atom stereocenters. The molecule has 7 heteroatoms. The monoisotopic (exact) mass is 511 g/mol. The number of nitrogens with zero attached hydrogens (tertiary/aromatic N) is 2. The molecule has 1 atom stereocenters. The molecule has 3 aromatic rings. The van der Waals surface area contributed by atoms with Crippen molar-refractivity contribution in [1.29, 1.82) is 0 Å². The summed E-state index contributed by atoms with van der Waals surface area (Å²) in [6.45, 7) is 4.27. The van der Waals surface area contributed by atoms with Gasteiger partial charge in [0, 0.05) is 32.7 Å². The first-order chi connectivity index (χ1) is 17.0. The molecular weight excluding hydrogens is 481 g/mol. The zero-order valence-corrected chi connectivity index (χ0v) is 21.4. The van der Waals surface area contributed by atoms with Crippen LogP contribution in [0.2, 0.25) is 10.0 Å². The van der Waals surface area contributed by atoms with Gasteiger partial charge in [-0.2, -0.15) is 0 Å². The van der Waals surface area contributed by atoms with Gasteiger partial charge >= 0.3 is 0 Å². The van der Waals surface area contributed by atoms with Crippen molar-refractivity contribution < 1.29 is 9.53 Å². The molecule has 1 saturated heterocycles. The van der Waals surface area contributed by atoms with E-state index in [0.717, 1.165) is 42.1 Å². The number of amides is 1. The van der Waals surface area contributed by atoms with Gasteiger partial charge in [0.2, 0.25) is 5.91 Å². The minimum absolute atomic E-state index is 0.136. The first-order valence-electron chi connectivity index (χ1n) is 11.9. The van der Waals surface area contributed by atoms with Gasteiger partial charge < -0.3 is 15.0 Å². The molecular formula is C28H31Cl2N3O2. The smallest absolute Gasteiger partial charge is 0.240 e. The Kier molecular flexibility index (Phi) is 9.05. The molecule has 0 bridgehead atoms. The summed E-state index contributed by atoms with van der Waals surface area (Å²) in [5, 5.41) is 4.39. The maximum Gasteiger partial charge on any atom is 0.240 e. The zero-order valence-electron chi connectivity index (χ0n) is 19.9. The number of rotatable bonds is 9. The fraction of sp³-hybridized carbons (Fsp3) is 0.321. The number of hydrogen-bond donors (Lipinski definition) is 1. The molecule has 0 aromatic heterocycles. The number of carbonyl (C=O) groups is 1. The highest BCUT2D eigenvalue weighted by Gasteiger charge is 2.27. The number of ether oxygens (including phenoxy) is 1. The largest absolute Gasteiger partial charge is 0.489 e. The highest BCUT2D eigenvalue weighted by molar-refractivity contribution is 6.42. The van der Waals surface area contributed by atoms with Crippen molar-refractivity contribution in [2.24, 2.45) is 0 Å². The van der Waals surface area contributed by atoms with Crippen molar-refractivity contribution in [3.63, 3.8) is 0 Å². The van der Waals surface area contributed by atoms with E-state index >= 15 is 0 Å². The summed E-state index contributed by atoms with van der Waals surface area (Å²) < 4.78 is 5.88. The lowest BCUT2D eigenvalue weighted by Crippen LogP contribution is -2.54. The van der Waals surface area contributed by atoms with E-state index in [9.17, 15) is 4.79 Å². The van der Waals surface area contributed by atoms with E-state index in [0.29, 0.717) is 36.2 Å². The Morgan fingerprint density at radius 3 is 2.31 bits per heavy atom. The number of nitrogens with one attached hydrogen (secondary N) is 1. The molecule has 5 nitrogen and oxygen atoms in total. The third kappa shape index (κ3) is 6.98. The van der Waals surface area contributed by atoms with E-state index in [1.54, 1.807) is 6.07 Å². The quantitative estimate of drug-likeness (QED) is 0.436. The first kappa shape index (κ1) is 25.5. The summed E-state index contributed by atoms with van der Waals surface area (Å²) in [6, 6.07) is 23.6. The first-order valence-corrected chi connectivity index (χ1v) is 12.7. The number of hydrogen-bond acceptors (Lipinski definition) is 4. The summed E-state index contributed by atoms with van der Waals surface area (Å²) in [4.78, 5) is 17.5. The molecule has 1 N–H and O–H groups in total. The summed E-state index contributed by atoms with van der Waals surface area (Å²) in [5.41, 5.74) is 3.25. The van der Waals surface area contributed by atoms with Gasteiger partial charge in [0.25, 0.3) is 0 Å². The van der Waals surface area contributed by atoms with Crippen LogP contribution in [-0.4, -0.2) is 55.0 Å². The molecule has 0 saturated carbocycles. The molecule has 1 aliphatic heterocycles. The minimum atomic E-state index is -0.264. The third-order valence-corrected chi connectivity index (χ3v) is 7.23. The predicted molar refractivity (Wildman–Crippen MR) is 142 cm³/mol. The Morgan fingerprint density at radius 1 is 0.914 bits per heavy atom. The van der Waals surface area contributed by atoms with E-state index < -0.39 is 0 Å². The van der Waals surface area contributed by atoms with Crippen LogP contribution in [0.15, 0.2) is 72.8 Å². The summed E-state index contributed by atoms with van der Waals surface area (Å²) in [5.74, 6) is 0.957. The lowest BCUT2D eigenvalue weighted by atomic mass is 10.0. The molecule has 1 aliphatic rings. The maximum absolute atomic E-state index is 13.2. The Hall–Kier alpha value is -2.57. The van der Waals surface area contributed by atoms with Crippen molar-refractivity contribution in [1.82, 2.24) is 15.1 Å². The third-order valence-electron chi connectivity index (χ3n) is 6.37. The van der Waals surface area contributed by atoms with Crippen molar-refractivity contribution in [3.8, 4) is 5.75 Å². The van der Waals surface area contributed by atoms with Crippen molar-refractivity contribution in [2.45, 2.75) is 25.6 Å². The van der Waals surface area contributed by atoms with Crippen LogP contribution in [0.25, 0.3) is 0 Å². The van der Waals surface area contributed by atoms with Crippen LogP contribution in [-0.2, 0) is 24.4 Å². The van der Waals surface area contributed by atoms with Gasteiger partial charge in [-0.3, -0.25) is 9.69 Å². The maximum atomic E-state index is 13.2. The average molecular weight is 512 g/mol. The van der Waals surface area contributed by atoms with Crippen molar-refractivity contribution in [3.05, 3.63) is 99.5 Å². The Morgan fingerprint density at radius 2 is 1.63 bits per heavy atom. The van der Waals surface area contributed by atoms with E-state index in [4.69, 9.17) is 27.9 Å². The molecule has 1 amide bonds. The van der Waals surface area contributed by atoms with Gasteiger partial charge in [-0.05, 0) is 48.4 Å². The topological polar surface area (TPSA) is 44.8 Å². The molecule has 184 valence electrons. The normalized spacial score (nSPS) is 15.1. The van der Waals surface area contributed by atoms with Crippen LogP contribution >= 0.6 is 23.2 Å². The summed E-state index contributed by atoms with van der Waals surface area (Å²) >= 11 is 12.5. The standard InChI is InChI=1S/C28H31Cl2N3O2/c1-31-26(18-21-10-12-24(13-11-21)35-20-22-6-3-2-4-7-22)28(34)33-16-14-32(15-17-33)19-23-8-5-9-25(29)27(23)30/h2-13,26,31H,14-20H2,1H3. The van der Waals surface area contributed by atoms with Crippen LogP contribution in [0.1, 0.15) is 16.7 Å². The number of carbonyl (C=O) groups excluding carboxylic acids is 1. The second-order valence-electron chi connectivity index (χ2n) is 8.78. The van der Waals surface area contributed by atoms with Crippen LogP contribution < -0.4 is 10.1 Å². The van der Waals surface area contributed by atoms with Crippen LogP contribution in [0.3, 0.4) is 0 Å². The Bertz CT molecular complexity index is 1100. The van der Waals surface area contributed by atoms with E-state index in [1.165, 1.54) is 0 Å². The fourth-order valence-electron chi connectivity index (χ4n) is 4.27. The van der Waals surface area contributed by atoms with Gasteiger partial charge in [0.15, 0.2) is 0 Å². The average Bonchev–Trinajstić information content (AvgIpc) is 2.90. The van der Waals surface area contributed by atoms with Crippen LogP contribution in [0.5, 0.6) is 5.75 Å². The van der Waals surface area contributed by atoms with Gasteiger partial charge in [0.05, 0.1) is 16.1 Å². The van der Waals surface area contributed by atoms with E-state index in [-0.39, 0.29) is 11.9 Å². The lowest BCUT2D eigenvalue weighted by Gasteiger charge is -2.36. The second-order valence-corrected chi connectivity index (χ2v) is 9.56. The van der Waals surface area contributed by atoms with E-state index in [2.05, 4.69) is 10.2 Å². The van der Waals surface area contributed by atoms with Gasteiger partial charge in [-0.1, -0.05) is 77.8 Å². The molecule has 0 radical (unpaired) electrons. The molecule has 1 heterocycles. The number of halogens is 2. The molecule has 1 fully saturated rings. The molecule has 4 rings (SSSR count). The minimum Gasteiger partial charge on any atom is -0.489 e. The highest BCUT2D eigenvalue weighted by Crippen LogP contribution is 2.27. The lowest BCUT2D eigenvalue weighted by molar-refractivity contribution is -0.135. The van der Waals surface area contributed by atoms with Gasteiger partial charge in [-0.15, -0.1) is 0 Å². The molecule has 0 aliphatic carbocycles. The highest BCUT2D eigenvalue weighted by atomic mass is 35.5. The predicted octanol–water partition coefficient (Wildman–Crippen LogP) is 5.05. The summed E-state index contributed by atoms with van der Waals surface area (Å²) in [6.07, 6.45) is 0.632. The second kappa shape index (κ2) is 12.4. The molecule has 3 aromatic carbocycles. The Labute approximate surface area is 217 Å². The number of likely N-dealkylation sites (N-methyl/N-ethyl adjacent to an activating group) is 1. The van der Waals surface area contributed by atoms with Crippen LogP contribution in [0, 0.1) is 0 Å². The van der Waals surface area contributed by atoms with E-state index in [1.807, 2.05) is 78.7 Å². The van der Waals surface area contributed by atoms with Crippen molar-refractivity contribution >= 4 is 29.1 Å². The SMILES string of the molecule is CNC(Cc1ccc(OCc2ccccc2)cc1)C(=O)N1CCN(Cc2cccc(Cl)c2Cl)CC1. The van der Waals surface area contributed by atoms with Crippen LogP contribution in [0.4, 0.5) is 0 Å². The number of benzene rings is 3. The molecule has 0 spiro atoms.